The minimum atomic E-state index is -4.43. The van der Waals surface area contributed by atoms with Crippen molar-refractivity contribution in [2.24, 2.45) is 0 Å². The maximum absolute atomic E-state index is 12.9. The van der Waals surface area contributed by atoms with Crippen LogP contribution < -0.4 is 10.1 Å². The topological polar surface area (TPSA) is 73.3 Å². The smallest absolute Gasteiger partial charge is 0.416 e. The van der Waals surface area contributed by atoms with E-state index in [2.05, 4.69) is 15.3 Å². The predicted molar refractivity (Wildman–Crippen MR) is 121 cm³/mol. The Kier molecular flexibility index (Phi) is 6.36. The molecule has 2 heterocycles. The second-order valence-corrected chi connectivity index (χ2v) is 7.48. The Morgan fingerprint density at radius 2 is 1.59 bits per heavy atom. The molecular weight excluding hydrogens is 447 g/mol. The van der Waals surface area contributed by atoms with E-state index in [-0.39, 0.29) is 17.7 Å². The third-order valence-electron chi connectivity index (χ3n) is 5.22. The average Bonchev–Trinajstić information content (AvgIpc) is 2.83. The SMILES string of the molecule is COC(=O)c1ccc(C(C)Nc2nccc3ccnc(Oc4ccc(C(F)(F)F)cc4)c23)cc1. The molecule has 0 radical (unpaired) electrons. The fourth-order valence-corrected chi connectivity index (χ4v) is 3.41. The van der Waals surface area contributed by atoms with Crippen LogP contribution in [0.2, 0.25) is 0 Å². The molecule has 2 aromatic heterocycles. The van der Waals surface area contributed by atoms with Gasteiger partial charge in [-0.25, -0.2) is 14.8 Å². The number of carbonyl (C=O) groups is 1. The molecule has 1 atom stereocenters. The maximum atomic E-state index is 12.9. The van der Waals surface area contributed by atoms with Crippen molar-refractivity contribution in [2.45, 2.75) is 19.1 Å². The Labute approximate surface area is 193 Å². The van der Waals surface area contributed by atoms with Crippen LogP contribution in [0.5, 0.6) is 11.6 Å². The molecule has 0 fully saturated rings. The van der Waals surface area contributed by atoms with Crippen LogP contribution in [0.3, 0.4) is 0 Å². The summed E-state index contributed by atoms with van der Waals surface area (Å²) in [4.78, 5) is 20.4. The number of nitrogens with one attached hydrogen (secondary N) is 1. The van der Waals surface area contributed by atoms with Gasteiger partial charge >= 0.3 is 12.1 Å². The second kappa shape index (κ2) is 9.38. The highest BCUT2D eigenvalue weighted by molar-refractivity contribution is 5.96. The van der Waals surface area contributed by atoms with Crippen molar-refractivity contribution in [3.8, 4) is 11.6 Å². The molecule has 0 spiro atoms. The number of carbonyl (C=O) groups excluding carboxylic acids is 1. The number of esters is 1. The average molecular weight is 467 g/mol. The van der Waals surface area contributed by atoms with Crippen LogP contribution in [0.25, 0.3) is 10.8 Å². The molecule has 2 aromatic carbocycles. The van der Waals surface area contributed by atoms with Crippen LogP contribution in [0.1, 0.15) is 34.5 Å². The van der Waals surface area contributed by atoms with Crippen molar-refractivity contribution in [1.29, 1.82) is 0 Å². The highest BCUT2D eigenvalue weighted by atomic mass is 19.4. The molecule has 0 aliphatic rings. The maximum Gasteiger partial charge on any atom is 0.416 e. The summed E-state index contributed by atoms with van der Waals surface area (Å²) >= 11 is 0. The molecule has 6 nitrogen and oxygen atoms in total. The van der Waals surface area contributed by atoms with Crippen molar-refractivity contribution >= 4 is 22.6 Å². The molecule has 4 rings (SSSR count). The van der Waals surface area contributed by atoms with Gasteiger partial charge in [0.25, 0.3) is 0 Å². The first kappa shape index (κ1) is 23.0. The fraction of sp³-hybridized carbons (Fsp3) is 0.160. The van der Waals surface area contributed by atoms with E-state index < -0.39 is 17.7 Å². The Morgan fingerprint density at radius 1 is 0.941 bits per heavy atom. The van der Waals surface area contributed by atoms with E-state index in [1.54, 1.807) is 36.7 Å². The molecule has 0 amide bonds. The third-order valence-corrected chi connectivity index (χ3v) is 5.22. The number of pyridine rings is 2. The molecule has 4 aromatic rings. The largest absolute Gasteiger partial charge is 0.465 e. The van der Waals surface area contributed by atoms with Crippen LogP contribution in [0, 0.1) is 0 Å². The summed E-state index contributed by atoms with van der Waals surface area (Å²) < 4.78 is 49.1. The number of ether oxygens (including phenoxy) is 2. The molecule has 0 saturated carbocycles. The van der Waals surface area contributed by atoms with Gasteiger partial charge in [0.05, 0.1) is 23.6 Å². The van der Waals surface area contributed by atoms with E-state index in [1.165, 1.54) is 19.2 Å². The number of anilines is 1. The van der Waals surface area contributed by atoms with E-state index in [0.29, 0.717) is 16.8 Å². The van der Waals surface area contributed by atoms with Gasteiger partial charge in [-0.1, -0.05) is 12.1 Å². The van der Waals surface area contributed by atoms with E-state index in [4.69, 9.17) is 9.47 Å². The van der Waals surface area contributed by atoms with Crippen LogP contribution in [0.4, 0.5) is 19.0 Å². The molecule has 174 valence electrons. The zero-order chi connectivity index (χ0) is 24.3. The van der Waals surface area contributed by atoms with Gasteiger partial charge in [-0.15, -0.1) is 0 Å². The van der Waals surface area contributed by atoms with E-state index >= 15 is 0 Å². The minimum Gasteiger partial charge on any atom is -0.465 e. The lowest BCUT2D eigenvalue weighted by molar-refractivity contribution is -0.137. The number of hydrogen-bond acceptors (Lipinski definition) is 6. The summed E-state index contributed by atoms with van der Waals surface area (Å²) in [6.45, 7) is 1.93. The number of nitrogens with zero attached hydrogens (tertiary/aromatic N) is 2. The van der Waals surface area contributed by atoms with Crippen molar-refractivity contribution in [1.82, 2.24) is 9.97 Å². The standard InChI is InChI=1S/C25H20F3N3O3/c1-15(16-3-5-18(6-4-16)24(32)33-2)31-22-21-17(11-13-29-22)12-14-30-23(21)34-20-9-7-19(8-10-20)25(26,27)28/h3-15H,1-2H3,(H,29,31). The Morgan fingerprint density at radius 3 is 2.21 bits per heavy atom. The van der Waals surface area contributed by atoms with Crippen LogP contribution in [-0.2, 0) is 10.9 Å². The molecule has 1 N–H and O–H groups in total. The third kappa shape index (κ3) is 4.93. The number of alkyl halides is 3. The lowest BCUT2D eigenvalue weighted by atomic mass is 10.1. The number of hydrogen-bond donors (Lipinski definition) is 1. The first-order valence-corrected chi connectivity index (χ1v) is 10.3. The summed E-state index contributed by atoms with van der Waals surface area (Å²) in [6, 6.07) is 14.8. The highest BCUT2D eigenvalue weighted by Gasteiger charge is 2.30. The van der Waals surface area contributed by atoms with Crippen LogP contribution in [0.15, 0.2) is 73.1 Å². The zero-order valence-electron chi connectivity index (χ0n) is 18.3. The molecule has 34 heavy (non-hydrogen) atoms. The van der Waals surface area contributed by atoms with Crippen LogP contribution in [-0.4, -0.2) is 23.0 Å². The number of aromatic nitrogens is 2. The summed E-state index contributed by atoms with van der Waals surface area (Å²) in [5, 5.41) is 4.70. The van der Waals surface area contributed by atoms with Gasteiger partial charge in [0, 0.05) is 18.4 Å². The van der Waals surface area contributed by atoms with E-state index in [1.807, 2.05) is 19.1 Å². The van der Waals surface area contributed by atoms with Crippen LogP contribution >= 0.6 is 0 Å². The molecular formula is C25H20F3N3O3. The predicted octanol–water partition coefficient (Wildman–Crippen LogP) is 6.40. The summed E-state index contributed by atoms with van der Waals surface area (Å²) in [5.41, 5.74) is 0.584. The molecule has 0 aliphatic carbocycles. The minimum absolute atomic E-state index is 0.191. The molecule has 1 unspecified atom stereocenters. The lowest BCUT2D eigenvalue weighted by Crippen LogP contribution is -2.09. The summed E-state index contributed by atoms with van der Waals surface area (Å²) in [5.74, 6) is 0.506. The van der Waals surface area contributed by atoms with E-state index in [0.717, 1.165) is 23.1 Å². The molecule has 9 heteroatoms. The summed E-state index contributed by atoms with van der Waals surface area (Å²) in [7, 11) is 1.32. The number of halogens is 3. The number of benzene rings is 2. The number of methoxy groups -OCH3 is 1. The van der Waals surface area contributed by atoms with Gasteiger partial charge in [0.15, 0.2) is 0 Å². The van der Waals surface area contributed by atoms with Crippen molar-refractivity contribution in [3.63, 3.8) is 0 Å². The summed E-state index contributed by atoms with van der Waals surface area (Å²) in [6.07, 6.45) is -1.23. The van der Waals surface area contributed by atoms with E-state index in [9.17, 15) is 18.0 Å². The Balaban J connectivity index is 1.62. The van der Waals surface area contributed by atoms with Crippen molar-refractivity contribution in [3.05, 3.63) is 89.7 Å². The second-order valence-electron chi connectivity index (χ2n) is 7.48. The van der Waals surface area contributed by atoms with Gasteiger partial charge < -0.3 is 14.8 Å². The van der Waals surface area contributed by atoms with Gasteiger partial charge in [-0.05, 0) is 66.4 Å². The normalized spacial score (nSPS) is 12.3. The van der Waals surface area contributed by atoms with Crippen molar-refractivity contribution < 1.29 is 27.4 Å². The Bertz CT molecular complexity index is 1300. The molecule has 0 saturated heterocycles. The number of fused-ring (bicyclic) bond motifs is 1. The first-order chi connectivity index (χ1) is 16.3. The first-order valence-electron chi connectivity index (χ1n) is 10.3. The highest BCUT2D eigenvalue weighted by Crippen LogP contribution is 2.35. The number of rotatable bonds is 6. The van der Waals surface area contributed by atoms with Gasteiger partial charge in [0.1, 0.15) is 11.6 Å². The Hall–Kier alpha value is -4.14. The van der Waals surface area contributed by atoms with Crippen molar-refractivity contribution in [2.75, 3.05) is 12.4 Å². The van der Waals surface area contributed by atoms with Gasteiger partial charge in [-0.2, -0.15) is 13.2 Å². The monoisotopic (exact) mass is 467 g/mol. The molecule has 0 bridgehead atoms. The van der Waals surface area contributed by atoms with Gasteiger partial charge in [-0.3, -0.25) is 0 Å². The molecule has 0 aliphatic heterocycles. The fourth-order valence-electron chi connectivity index (χ4n) is 3.41. The van der Waals surface area contributed by atoms with Gasteiger partial charge in [0.2, 0.25) is 5.88 Å². The zero-order valence-corrected chi connectivity index (χ0v) is 18.3. The quantitative estimate of drug-likeness (QED) is 0.331. The lowest BCUT2D eigenvalue weighted by Gasteiger charge is -2.18.